The van der Waals surface area contributed by atoms with Crippen LogP contribution in [0.5, 0.6) is 5.75 Å². The van der Waals surface area contributed by atoms with Gasteiger partial charge in [-0.3, -0.25) is 19.2 Å². The number of nitrogens with one attached hydrogen (secondary N) is 1. The molecule has 0 spiro atoms. The Hall–Kier alpha value is -4.20. The number of carbonyl (C=O) groups is 1. The third-order valence-electron chi connectivity index (χ3n) is 5.99. The first-order chi connectivity index (χ1) is 19.2. The summed E-state index contributed by atoms with van der Waals surface area (Å²) in [6.07, 6.45) is 1.28. The van der Waals surface area contributed by atoms with Crippen LogP contribution < -0.4 is 19.4 Å². The zero-order valence-electron chi connectivity index (χ0n) is 21.4. The van der Waals surface area contributed by atoms with Crippen molar-refractivity contribution >= 4 is 50.8 Å². The lowest BCUT2D eigenvalue weighted by molar-refractivity contribution is -0.384. The van der Waals surface area contributed by atoms with Crippen LogP contribution in [0.1, 0.15) is 5.56 Å². The minimum atomic E-state index is -4.22. The molecule has 0 radical (unpaired) electrons. The average molecular weight is 588 g/mol. The van der Waals surface area contributed by atoms with Crippen LogP contribution in [0.4, 0.5) is 17.1 Å². The lowest BCUT2D eigenvalue weighted by atomic mass is 10.1. The first-order valence-electron chi connectivity index (χ1n) is 12.0. The number of nitro groups is 1. The average Bonchev–Trinajstić information content (AvgIpc) is 2.96. The third-order valence-corrected chi connectivity index (χ3v) is 8.00. The molecule has 1 heterocycles. The number of hydrazone groups is 1. The van der Waals surface area contributed by atoms with Crippen LogP contribution in [0.15, 0.2) is 76.7 Å². The van der Waals surface area contributed by atoms with Gasteiger partial charge in [-0.05, 0) is 36.4 Å². The number of hydrogen-bond donors (Lipinski definition) is 1. The van der Waals surface area contributed by atoms with Crippen molar-refractivity contribution in [3.05, 3.63) is 87.4 Å². The van der Waals surface area contributed by atoms with Gasteiger partial charge >= 0.3 is 0 Å². The maximum atomic E-state index is 13.6. The van der Waals surface area contributed by atoms with E-state index in [1.807, 2.05) is 4.90 Å². The van der Waals surface area contributed by atoms with E-state index in [0.29, 0.717) is 37.6 Å². The van der Waals surface area contributed by atoms with Crippen molar-refractivity contribution in [2.24, 2.45) is 5.10 Å². The Morgan fingerprint density at radius 3 is 2.58 bits per heavy atom. The SMILES string of the molecule is COc1ccc(Cl)cc1N(CC(=O)N/N=C/c1cc([N+](=O)[O-])ccc1N1CCOCC1)S(=O)(=O)c1ccccc1. The summed E-state index contributed by atoms with van der Waals surface area (Å²) in [5, 5.41) is 15.6. The van der Waals surface area contributed by atoms with Crippen molar-refractivity contribution in [2.45, 2.75) is 4.90 Å². The molecule has 3 aromatic rings. The van der Waals surface area contributed by atoms with Gasteiger partial charge in [-0.25, -0.2) is 13.8 Å². The van der Waals surface area contributed by atoms with Gasteiger partial charge in [0.2, 0.25) is 0 Å². The minimum Gasteiger partial charge on any atom is -0.495 e. The first-order valence-corrected chi connectivity index (χ1v) is 13.9. The number of methoxy groups -OCH3 is 1. The number of sulfonamides is 1. The van der Waals surface area contributed by atoms with Gasteiger partial charge in [-0.15, -0.1) is 0 Å². The Labute approximate surface area is 235 Å². The molecule has 210 valence electrons. The van der Waals surface area contributed by atoms with Crippen LogP contribution in [-0.2, 0) is 19.6 Å². The summed E-state index contributed by atoms with van der Waals surface area (Å²) < 4.78 is 38.8. The molecule has 1 aliphatic heterocycles. The van der Waals surface area contributed by atoms with Gasteiger partial charge in [-0.1, -0.05) is 29.8 Å². The third kappa shape index (κ3) is 6.68. The predicted molar refractivity (Wildman–Crippen MR) is 151 cm³/mol. The summed E-state index contributed by atoms with van der Waals surface area (Å²) in [4.78, 5) is 25.8. The number of non-ortho nitro benzene ring substituents is 1. The number of carbonyl (C=O) groups excluding carboxylic acids is 1. The Balaban J connectivity index is 1.61. The summed E-state index contributed by atoms with van der Waals surface area (Å²) in [6, 6.07) is 16.4. The molecule has 0 saturated carbocycles. The second kappa shape index (κ2) is 12.8. The van der Waals surface area contributed by atoms with Crippen molar-refractivity contribution in [2.75, 3.05) is 49.2 Å². The molecule has 12 nitrogen and oxygen atoms in total. The molecule has 0 unspecified atom stereocenters. The molecule has 1 aliphatic rings. The highest BCUT2D eigenvalue weighted by molar-refractivity contribution is 7.92. The van der Waals surface area contributed by atoms with Gasteiger partial charge in [0.1, 0.15) is 12.3 Å². The molecule has 0 aliphatic carbocycles. The van der Waals surface area contributed by atoms with Crippen molar-refractivity contribution < 1.29 is 27.6 Å². The number of amides is 1. The predicted octanol–water partition coefficient (Wildman–Crippen LogP) is 3.44. The molecule has 1 amide bonds. The number of hydrogen-bond acceptors (Lipinski definition) is 9. The first kappa shape index (κ1) is 28.8. The van der Waals surface area contributed by atoms with Gasteiger partial charge in [0, 0.05) is 41.5 Å². The number of rotatable bonds is 10. The number of ether oxygens (including phenoxy) is 2. The van der Waals surface area contributed by atoms with Gasteiger partial charge in [0.15, 0.2) is 0 Å². The maximum Gasteiger partial charge on any atom is 0.270 e. The van der Waals surface area contributed by atoms with Crippen molar-refractivity contribution in [3.63, 3.8) is 0 Å². The molecular weight excluding hydrogens is 562 g/mol. The smallest absolute Gasteiger partial charge is 0.270 e. The second-order valence-electron chi connectivity index (χ2n) is 8.53. The molecule has 1 saturated heterocycles. The van der Waals surface area contributed by atoms with E-state index in [1.165, 1.54) is 55.8 Å². The van der Waals surface area contributed by atoms with E-state index in [-0.39, 0.29) is 27.0 Å². The molecular formula is C26H26ClN5O7S. The Kier molecular flexibility index (Phi) is 9.19. The molecule has 40 heavy (non-hydrogen) atoms. The molecule has 1 N–H and O–H groups in total. The highest BCUT2D eigenvalue weighted by Crippen LogP contribution is 2.34. The molecule has 1 fully saturated rings. The highest BCUT2D eigenvalue weighted by Gasteiger charge is 2.29. The number of morpholine rings is 1. The van der Waals surface area contributed by atoms with Crippen molar-refractivity contribution in [1.82, 2.24) is 5.43 Å². The van der Waals surface area contributed by atoms with E-state index < -0.39 is 27.4 Å². The Bertz CT molecular complexity index is 1510. The topological polar surface area (TPSA) is 144 Å². The van der Waals surface area contributed by atoms with Crippen LogP contribution in [0, 0.1) is 10.1 Å². The summed E-state index contributed by atoms with van der Waals surface area (Å²) in [6.45, 7) is 1.51. The molecule has 0 atom stereocenters. The minimum absolute atomic E-state index is 0.0416. The van der Waals surface area contributed by atoms with Crippen molar-refractivity contribution in [1.29, 1.82) is 0 Å². The number of nitro benzene ring substituents is 1. The normalized spacial score (nSPS) is 13.7. The van der Waals surface area contributed by atoms with Crippen molar-refractivity contribution in [3.8, 4) is 5.75 Å². The largest absolute Gasteiger partial charge is 0.495 e. The molecule has 0 bridgehead atoms. The number of nitrogens with zero attached hydrogens (tertiary/aromatic N) is 4. The zero-order chi connectivity index (χ0) is 28.7. The molecule has 4 rings (SSSR count). The van der Waals surface area contributed by atoms with E-state index in [0.717, 1.165) is 4.31 Å². The second-order valence-corrected chi connectivity index (χ2v) is 10.8. The number of benzene rings is 3. The maximum absolute atomic E-state index is 13.6. The van der Waals surface area contributed by atoms with Crippen LogP contribution in [0.2, 0.25) is 5.02 Å². The van der Waals surface area contributed by atoms with Crippen LogP contribution in [-0.4, -0.2) is 65.4 Å². The van der Waals surface area contributed by atoms with Gasteiger partial charge < -0.3 is 14.4 Å². The van der Waals surface area contributed by atoms with Crippen LogP contribution in [0.25, 0.3) is 0 Å². The fraction of sp³-hybridized carbons (Fsp3) is 0.231. The zero-order valence-corrected chi connectivity index (χ0v) is 23.0. The standard InChI is InChI=1S/C26H26ClN5O7S/c1-38-25-10-7-20(27)16-24(25)31(40(36,37)22-5-3-2-4-6-22)18-26(33)29-28-17-19-15-21(32(34)35)8-9-23(19)30-11-13-39-14-12-30/h2-10,15-17H,11-14,18H2,1H3,(H,29,33)/b28-17+. The fourth-order valence-electron chi connectivity index (χ4n) is 4.07. The van der Waals surface area contributed by atoms with Crippen LogP contribution >= 0.6 is 11.6 Å². The number of halogens is 1. The number of anilines is 2. The highest BCUT2D eigenvalue weighted by atomic mass is 35.5. The molecule has 3 aromatic carbocycles. The lowest BCUT2D eigenvalue weighted by Gasteiger charge is -2.29. The quantitative estimate of drug-likeness (QED) is 0.216. The van der Waals surface area contributed by atoms with Crippen LogP contribution in [0.3, 0.4) is 0 Å². The summed E-state index contributed by atoms with van der Waals surface area (Å²) >= 11 is 6.15. The van der Waals surface area contributed by atoms with E-state index >= 15 is 0 Å². The van der Waals surface area contributed by atoms with E-state index in [9.17, 15) is 23.3 Å². The Morgan fingerprint density at radius 1 is 1.18 bits per heavy atom. The summed E-state index contributed by atoms with van der Waals surface area (Å²) in [7, 11) is -2.85. The van der Waals surface area contributed by atoms with Gasteiger partial charge in [-0.2, -0.15) is 5.10 Å². The molecule has 14 heteroatoms. The van der Waals surface area contributed by atoms with E-state index in [4.69, 9.17) is 21.1 Å². The Morgan fingerprint density at radius 2 is 1.90 bits per heavy atom. The fourth-order valence-corrected chi connectivity index (χ4v) is 5.68. The monoisotopic (exact) mass is 587 g/mol. The van der Waals surface area contributed by atoms with E-state index in [1.54, 1.807) is 24.3 Å². The molecule has 0 aromatic heterocycles. The van der Waals surface area contributed by atoms with Gasteiger partial charge in [0.25, 0.3) is 21.6 Å². The summed E-state index contributed by atoms with van der Waals surface area (Å²) in [5.41, 5.74) is 3.33. The van der Waals surface area contributed by atoms with Gasteiger partial charge in [0.05, 0.1) is 42.0 Å². The lowest BCUT2D eigenvalue weighted by Crippen LogP contribution is -2.39. The van der Waals surface area contributed by atoms with E-state index in [2.05, 4.69) is 10.5 Å². The summed E-state index contributed by atoms with van der Waals surface area (Å²) in [5.74, 6) is -0.580.